The number of hydrogen-bond donors (Lipinski definition) is 2. The molecular formula is C15H24N2O2S. The van der Waals surface area contributed by atoms with Crippen molar-refractivity contribution in [3.8, 4) is 0 Å². The molecule has 3 N–H and O–H groups in total. The summed E-state index contributed by atoms with van der Waals surface area (Å²) in [5.74, 6) is 0. The summed E-state index contributed by atoms with van der Waals surface area (Å²) in [6.07, 6.45) is 4.50. The van der Waals surface area contributed by atoms with E-state index in [0.717, 1.165) is 19.3 Å². The van der Waals surface area contributed by atoms with Gasteiger partial charge in [-0.1, -0.05) is 13.0 Å². The number of hydrogen-bond acceptors (Lipinski definition) is 3. The molecule has 1 atom stereocenters. The second-order valence-corrected chi connectivity index (χ2v) is 7.52. The standard InChI is InChI=1S/C15H24N2O2S/c1-3-15(2,9-10-16)17-20(18,19)14-8-7-12-5-4-6-13(12)11-14/h7-8,11,17H,3-6,9-10,16H2,1-2H3. The van der Waals surface area contributed by atoms with Gasteiger partial charge in [-0.25, -0.2) is 13.1 Å². The van der Waals surface area contributed by atoms with E-state index in [2.05, 4.69) is 4.72 Å². The number of rotatable bonds is 6. The largest absolute Gasteiger partial charge is 0.330 e. The molecule has 1 aliphatic rings. The van der Waals surface area contributed by atoms with Crippen LogP contribution in [0.3, 0.4) is 0 Å². The molecule has 0 amide bonds. The molecule has 4 nitrogen and oxygen atoms in total. The van der Waals surface area contributed by atoms with Crippen molar-refractivity contribution in [1.29, 1.82) is 0 Å². The molecule has 20 heavy (non-hydrogen) atoms. The fourth-order valence-corrected chi connectivity index (χ4v) is 4.27. The Labute approximate surface area is 121 Å². The third kappa shape index (κ3) is 3.22. The fraction of sp³-hybridized carbons (Fsp3) is 0.600. The van der Waals surface area contributed by atoms with E-state index in [1.54, 1.807) is 6.07 Å². The lowest BCUT2D eigenvalue weighted by atomic mass is 9.96. The minimum atomic E-state index is -3.48. The summed E-state index contributed by atoms with van der Waals surface area (Å²) < 4.78 is 27.9. The normalized spacial score (nSPS) is 17.8. The molecule has 2 rings (SSSR count). The molecule has 1 aromatic rings. The lowest BCUT2D eigenvalue weighted by Crippen LogP contribution is -2.46. The summed E-state index contributed by atoms with van der Waals surface area (Å²) in [5, 5.41) is 0. The summed E-state index contributed by atoms with van der Waals surface area (Å²) in [5.41, 5.74) is 7.56. The quantitative estimate of drug-likeness (QED) is 0.843. The van der Waals surface area contributed by atoms with E-state index in [1.165, 1.54) is 11.1 Å². The van der Waals surface area contributed by atoms with Crippen molar-refractivity contribution in [3.05, 3.63) is 29.3 Å². The van der Waals surface area contributed by atoms with Gasteiger partial charge in [-0.05, 0) is 68.8 Å². The van der Waals surface area contributed by atoms with Gasteiger partial charge in [0, 0.05) is 5.54 Å². The van der Waals surface area contributed by atoms with Gasteiger partial charge < -0.3 is 5.73 Å². The first-order valence-electron chi connectivity index (χ1n) is 7.26. The van der Waals surface area contributed by atoms with Crippen LogP contribution in [0.2, 0.25) is 0 Å². The molecule has 0 heterocycles. The summed E-state index contributed by atoms with van der Waals surface area (Å²) >= 11 is 0. The topological polar surface area (TPSA) is 72.2 Å². The SMILES string of the molecule is CCC(C)(CCN)NS(=O)(=O)c1ccc2c(c1)CCC2. The average Bonchev–Trinajstić information content (AvgIpc) is 2.85. The van der Waals surface area contributed by atoms with Crippen molar-refractivity contribution in [2.45, 2.75) is 56.4 Å². The first-order valence-corrected chi connectivity index (χ1v) is 8.74. The third-order valence-electron chi connectivity index (χ3n) is 4.24. The number of nitrogens with one attached hydrogen (secondary N) is 1. The first kappa shape index (κ1) is 15.5. The number of sulfonamides is 1. The van der Waals surface area contributed by atoms with Crippen LogP contribution in [-0.4, -0.2) is 20.5 Å². The molecule has 0 saturated heterocycles. The molecule has 0 saturated carbocycles. The number of fused-ring (bicyclic) bond motifs is 1. The monoisotopic (exact) mass is 296 g/mol. The van der Waals surface area contributed by atoms with E-state index >= 15 is 0 Å². The highest BCUT2D eigenvalue weighted by molar-refractivity contribution is 7.89. The lowest BCUT2D eigenvalue weighted by molar-refractivity contribution is 0.379. The predicted octanol–water partition coefficient (Wildman–Crippen LogP) is 1.97. The lowest BCUT2D eigenvalue weighted by Gasteiger charge is -2.28. The Morgan fingerprint density at radius 2 is 2.00 bits per heavy atom. The van der Waals surface area contributed by atoms with Crippen LogP contribution >= 0.6 is 0 Å². The van der Waals surface area contributed by atoms with Crippen molar-refractivity contribution < 1.29 is 8.42 Å². The van der Waals surface area contributed by atoms with E-state index in [0.29, 0.717) is 24.3 Å². The summed E-state index contributed by atoms with van der Waals surface area (Å²) in [6.45, 7) is 4.35. The minimum Gasteiger partial charge on any atom is -0.330 e. The Morgan fingerprint density at radius 3 is 2.65 bits per heavy atom. The molecular weight excluding hydrogens is 272 g/mol. The Kier molecular flexibility index (Phi) is 4.52. The maximum absolute atomic E-state index is 12.5. The minimum absolute atomic E-state index is 0.370. The van der Waals surface area contributed by atoms with Gasteiger partial charge in [-0.3, -0.25) is 0 Å². The Balaban J connectivity index is 2.26. The first-order chi connectivity index (χ1) is 9.40. The molecule has 0 radical (unpaired) electrons. The van der Waals surface area contributed by atoms with Crippen LogP contribution in [0.1, 0.15) is 44.2 Å². The van der Waals surface area contributed by atoms with Crippen LogP contribution in [0.15, 0.2) is 23.1 Å². The molecule has 5 heteroatoms. The average molecular weight is 296 g/mol. The predicted molar refractivity (Wildman–Crippen MR) is 81.2 cm³/mol. The van der Waals surface area contributed by atoms with Crippen molar-refractivity contribution in [3.63, 3.8) is 0 Å². The van der Waals surface area contributed by atoms with Crippen LogP contribution < -0.4 is 10.5 Å². The zero-order chi connectivity index (χ0) is 14.8. The number of nitrogens with two attached hydrogens (primary N) is 1. The second kappa shape index (κ2) is 5.84. The van der Waals surface area contributed by atoms with E-state index in [1.807, 2.05) is 26.0 Å². The number of aryl methyl sites for hydroxylation is 2. The Hall–Kier alpha value is -0.910. The summed E-state index contributed by atoms with van der Waals surface area (Å²) in [4.78, 5) is 0.370. The van der Waals surface area contributed by atoms with Crippen molar-refractivity contribution in [2.75, 3.05) is 6.54 Å². The highest BCUT2D eigenvalue weighted by Gasteiger charge is 2.29. The molecule has 1 aliphatic carbocycles. The van der Waals surface area contributed by atoms with Gasteiger partial charge >= 0.3 is 0 Å². The third-order valence-corrected chi connectivity index (χ3v) is 5.87. The second-order valence-electron chi connectivity index (χ2n) is 5.84. The van der Waals surface area contributed by atoms with Crippen LogP contribution in [0, 0.1) is 0 Å². The molecule has 0 fully saturated rings. The zero-order valence-electron chi connectivity index (χ0n) is 12.3. The highest BCUT2D eigenvalue weighted by atomic mass is 32.2. The van der Waals surface area contributed by atoms with Crippen LogP contribution in [0.5, 0.6) is 0 Å². The molecule has 0 bridgehead atoms. The van der Waals surface area contributed by atoms with E-state index < -0.39 is 15.6 Å². The Bertz CT molecular complexity index is 584. The van der Waals surface area contributed by atoms with Gasteiger partial charge in [0.05, 0.1) is 4.90 Å². The molecule has 0 aliphatic heterocycles. The maximum atomic E-state index is 12.5. The van der Waals surface area contributed by atoms with Crippen molar-refractivity contribution in [2.24, 2.45) is 5.73 Å². The molecule has 112 valence electrons. The zero-order valence-corrected chi connectivity index (χ0v) is 13.1. The molecule has 0 spiro atoms. The van der Waals surface area contributed by atoms with E-state index in [4.69, 9.17) is 5.73 Å². The smallest absolute Gasteiger partial charge is 0.241 e. The van der Waals surface area contributed by atoms with Crippen molar-refractivity contribution >= 4 is 10.0 Å². The van der Waals surface area contributed by atoms with Crippen LogP contribution in [0.25, 0.3) is 0 Å². The van der Waals surface area contributed by atoms with Crippen LogP contribution in [0.4, 0.5) is 0 Å². The number of benzene rings is 1. The molecule has 1 aromatic carbocycles. The van der Waals surface area contributed by atoms with Crippen molar-refractivity contribution in [1.82, 2.24) is 4.72 Å². The van der Waals surface area contributed by atoms with Gasteiger partial charge in [0.2, 0.25) is 10.0 Å². The Morgan fingerprint density at radius 1 is 1.30 bits per heavy atom. The molecule has 0 aromatic heterocycles. The van der Waals surface area contributed by atoms with E-state index in [9.17, 15) is 8.42 Å². The fourth-order valence-electron chi connectivity index (χ4n) is 2.72. The van der Waals surface area contributed by atoms with Gasteiger partial charge in [-0.15, -0.1) is 0 Å². The van der Waals surface area contributed by atoms with Gasteiger partial charge in [0.1, 0.15) is 0 Å². The van der Waals surface area contributed by atoms with Gasteiger partial charge in [-0.2, -0.15) is 0 Å². The van der Waals surface area contributed by atoms with Gasteiger partial charge in [0.15, 0.2) is 0 Å². The summed E-state index contributed by atoms with van der Waals surface area (Å²) in [7, 11) is -3.48. The highest BCUT2D eigenvalue weighted by Crippen LogP contribution is 2.26. The van der Waals surface area contributed by atoms with Gasteiger partial charge in [0.25, 0.3) is 0 Å². The maximum Gasteiger partial charge on any atom is 0.241 e. The molecule has 1 unspecified atom stereocenters. The summed E-state index contributed by atoms with van der Waals surface area (Å²) in [6, 6.07) is 5.48. The van der Waals surface area contributed by atoms with E-state index in [-0.39, 0.29) is 0 Å². The van der Waals surface area contributed by atoms with Crippen LogP contribution in [-0.2, 0) is 22.9 Å².